The van der Waals surface area contributed by atoms with Crippen molar-refractivity contribution >= 4 is 23.2 Å². The first kappa shape index (κ1) is 15.3. The summed E-state index contributed by atoms with van der Waals surface area (Å²) in [7, 11) is 0. The molecule has 4 heteroatoms. The topological polar surface area (TPSA) is 20.3 Å². The first-order chi connectivity index (χ1) is 9.36. The molecule has 0 N–H and O–H groups in total. The summed E-state index contributed by atoms with van der Waals surface area (Å²) in [6, 6.07) is 3.44. The zero-order chi connectivity index (χ0) is 14.9. The lowest BCUT2D eigenvalue weighted by molar-refractivity contribution is -0.116. The van der Waals surface area contributed by atoms with Gasteiger partial charge < -0.3 is 4.90 Å². The third kappa shape index (κ3) is 2.83. The SMILES string of the molecule is CC(=O)N1CCC(C)(C)c2cc(CCCCl)c(F)cc21. The Morgan fingerprint density at radius 1 is 1.45 bits per heavy atom. The van der Waals surface area contributed by atoms with Gasteiger partial charge in [0.2, 0.25) is 5.91 Å². The number of carbonyl (C=O) groups is 1. The molecule has 2 rings (SSSR count). The fourth-order valence-electron chi connectivity index (χ4n) is 2.80. The number of rotatable bonds is 3. The van der Waals surface area contributed by atoms with Gasteiger partial charge in [0.05, 0.1) is 5.69 Å². The molecule has 1 amide bonds. The first-order valence-electron chi connectivity index (χ1n) is 7.04. The number of hydrogen-bond donors (Lipinski definition) is 0. The molecule has 0 atom stereocenters. The van der Waals surface area contributed by atoms with Crippen molar-refractivity contribution in [3.8, 4) is 0 Å². The molecular weight excluding hydrogens is 277 g/mol. The second-order valence-electron chi connectivity index (χ2n) is 6.06. The minimum Gasteiger partial charge on any atom is -0.312 e. The predicted octanol–water partition coefficient (Wildman–Crippen LogP) is 4.03. The van der Waals surface area contributed by atoms with Crippen LogP contribution in [0.3, 0.4) is 0 Å². The quantitative estimate of drug-likeness (QED) is 0.771. The number of carbonyl (C=O) groups excluding carboxylic acids is 1. The zero-order valence-electron chi connectivity index (χ0n) is 12.3. The van der Waals surface area contributed by atoms with Crippen LogP contribution in [0.2, 0.25) is 0 Å². The van der Waals surface area contributed by atoms with Gasteiger partial charge in [-0.25, -0.2) is 4.39 Å². The molecule has 0 spiro atoms. The third-order valence-electron chi connectivity index (χ3n) is 4.10. The molecule has 0 bridgehead atoms. The average Bonchev–Trinajstić information content (AvgIpc) is 2.36. The van der Waals surface area contributed by atoms with E-state index < -0.39 is 0 Å². The third-order valence-corrected chi connectivity index (χ3v) is 4.37. The van der Waals surface area contributed by atoms with Crippen molar-refractivity contribution in [2.75, 3.05) is 17.3 Å². The van der Waals surface area contributed by atoms with Gasteiger partial charge in [-0.2, -0.15) is 0 Å². The lowest BCUT2D eigenvalue weighted by Gasteiger charge is -2.39. The predicted molar refractivity (Wildman–Crippen MR) is 81.1 cm³/mol. The maximum atomic E-state index is 14.2. The highest BCUT2D eigenvalue weighted by atomic mass is 35.5. The fourth-order valence-corrected chi connectivity index (χ4v) is 2.93. The molecule has 110 valence electrons. The summed E-state index contributed by atoms with van der Waals surface area (Å²) < 4.78 is 14.2. The van der Waals surface area contributed by atoms with E-state index in [2.05, 4.69) is 13.8 Å². The van der Waals surface area contributed by atoms with Crippen LogP contribution in [0.25, 0.3) is 0 Å². The monoisotopic (exact) mass is 297 g/mol. The molecule has 0 saturated carbocycles. The molecule has 0 radical (unpaired) electrons. The molecular formula is C16H21ClFNO. The molecule has 1 aliphatic heterocycles. The number of halogens is 2. The van der Waals surface area contributed by atoms with Gasteiger partial charge in [0.15, 0.2) is 0 Å². The highest BCUT2D eigenvalue weighted by Crippen LogP contribution is 2.41. The van der Waals surface area contributed by atoms with Gasteiger partial charge in [0, 0.05) is 19.3 Å². The first-order valence-corrected chi connectivity index (χ1v) is 7.57. The van der Waals surface area contributed by atoms with Gasteiger partial charge in [0.1, 0.15) is 5.82 Å². The van der Waals surface area contributed by atoms with Crippen LogP contribution in [-0.2, 0) is 16.6 Å². The second kappa shape index (κ2) is 5.72. The van der Waals surface area contributed by atoms with E-state index in [-0.39, 0.29) is 17.1 Å². The number of fused-ring (bicyclic) bond motifs is 1. The maximum absolute atomic E-state index is 14.2. The van der Waals surface area contributed by atoms with E-state index in [0.29, 0.717) is 24.4 Å². The normalized spacial score (nSPS) is 16.9. The van der Waals surface area contributed by atoms with Crippen molar-refractivity contribution in [3.63, 3.8) is 0 Å². The Hall–Kier alpha value is -1.09. The van der Waals surface area contributed by atoms with Crippen molar-refractivity contribution in [2.24, 2.45) is 0 Å². The Balaban J connectivity index is 2.50. The lowest BCUT2D eigenvalue weighted by Crippen LogP contribution is -2.40. The number of amides is 1. The van der Waals surface area contributed by atoms with Gasteiger partial charge in [-0.3, -0.25) is 4.79 Å². The van der Waals surface area contributed by atoms with E-state index >= 15 is 0 Å². The van der Waals surface area contributed by atoms with Crippen molar-refractivity contribution in [1.29, 1.82) is 0 Å². The van der Waals surface area contributed by atoms with Crippen LogP contribution in [0.4, 0.5) is 10.1 Å². The second-order valence-corrected chi connectivity index (χ2v) is 6.44. The standard InChI is InChI=1S/C16H21ClFNO/c1-11(20)19-8-6-16(2,3)13-9-12(5-4-7-17)14(18)10-15(13)19/h9-10H,4-8H2,1-3H3. The maximum Gasteiger partial charge on any atom is 0.223 e. The smallest absolute Gasteiger partial charge is 0.223 e. The summed E-state index contributed by atoms with van der Waals surface area (Å²) in [5, 5.41) is 0. The Labute approximate surface area is 124 Å². The average molecular weight is 298 g/mol. The fraction of sp³-hybridized carbons (Fsp3) is 0.562. The summed E-state index contributed by atoms with van der Waals surface area (Å²) in [4.78, 5) is 13.4. The number of nitrogens with zero attached hydrogens (tertiary/aromatic N) is 1. The van der Waals surface area contributed by atoms with Gasteiger partial charge >= 0.3 is 0 Å². The zero-order valence-corrected chi connectivity index (χ0v) is 13.1. The van der Waals surface area contributed by atoms with Crippen LogP contribution < -0.4 is 4.90 Å². The van der Waals surface area contributed by atoms with Crippen LogP contribution in [0.1, 0.15) is 44.7 Å². The number of benzene rings is 1. The van der Waals surface area contributed by atoms with E-state index in [0.717, 1.165) is 24.1 Å². The Morgan fingerprint density at radius 2 is 2.15 bits per heavy atom. The van der Waals surface area contributed by atoms with E-state index in [4.69, 9.17) is 11.6 Å². The van der Waals surface area contributed by atoms with Crippen LogP contribution in [-0.4, -0.2) is 18.3 Å². The largest absolute Gasteiger partial charge is 0.312 e. The summed E-state index contributed by atoms with van der Waals surface area (Å²) in [6.45, 7) is 6.47. The summed E-state index contributed by atoms with van der Waals surface area (Å²) in [5.41, 5.74) is 2.44. The van der Waals surface area contributed by atoms with Crippen molar-refractivity contribution in [3.05, 3.63) is 29.1 Å². The lowest BCUT2D eigenvalue weighted by atomic mass is 9.76. The van der Waals surface area contributed by atoms with Crippen molar-refractivity contribution in [2.45, 2.75) is 45.4 Å². The molecule has 0 unspecified atom stereocenters. The van der Waals surface area contributed by atoms with Gasteiger partial charge in [-0.05, 0) is 41.9 Å². The molecule has 2 nitrogen and oxygen atoms in total. The highest BCUT2D eigenvalue weighted by Gasteiger charge is 2.33. The van der Waals surface area contributed by atoms with Gasteiger partial charge in [-0.15, -0.1) is 11.6 Å². The minimum absolute atomic E-state index is 0.0327. The minimum atomic E-state index is -0.238. The van der Waals surface area contributed by atoms with Crippen LogP contribution in [0, 0.1) is 5.82 Å². The van der Waals surface area contributed by atoms with Gasteiger partial charge in [0.25, 0.3) is 0 Å². The summed E-state index contributed by atoms with van der Waals surface area (Å²) in [6.07, 6.45) is 2.28. The molecule has 1 aliphatic rings. The number of anilines is 1. The molecule has 1 aromatic rings. The van der Waals surface area contributed by atoms with Crippen LogP contribution >= 0.6 is 11.6 Å². The van der Waals surface area contributed by atoms with Gasteiger partial charge in [-0.1, -0.05) is 19.9 Å². The van der Waals surface area contributed by atoms with Crippen LogP contribution in [0.5, 0.6) is 0 Å². The Bertz CT molecular complexity index is 527. The molecule has 1 heterocycles. The van der Waals surface area contributed by atoms with E-state index in [1.807, 2.05) is 6.07 Å². The van der Waals surface area contributed by atoms with E-state index in [9.17, 15) is 9.18 Å². The summed E-state index contributed by atoms with van der Waals surface area (Å²) in [5.74, 6) is 0.256. The molecule has 0 saturated heterocycles. The van der Waals surface area contributed by atoms with Crippen LogP contribution in [0.15, 0.2) is 12.1 Å². The summed E-state index contributed by atoms with van der Waals surface area (Å²) >= 11 is 5.69. The highest BCUT2D eigenvalue weighted by molar-refractivity contribution is 6.17. The molecule has 20 heavy (non-hydrogen) atoms. The number of hydrogen-bond acceptors (Lipinski definition) is 1. The van der Waals surface area contributed by atoms with Crippen molar-refractivity contribution in [1.82, 2.24) is 0 Å². The molecule has 0 aliphatic carbocycles. The number of aryl methyl sites for hydroxylation is 1. The molecule has 0 aromatic heterocycles. The molecule has 0 fully saturated rings. The van der Waals surface area contributed by atoms with E-state index in [1.165, 1.54) is 13.0 Å². The van der Waals surface area contributed by atoms with E-state index in [1.54, 1.807) is 4.90 Å². The van der Waals surface area contributed by atoms with Crippen molar-refractivity contribution < 1.29 is 9.18 Å². The molecule has 1 aromatic carbocycles. The number of alkyl halides is 1. The Kier molecular flexibility index (Phi) is 4.38. The Morgan fingerprint density at radius 3 is 2.75 bits per heavy atom.